The lowest BCUT2D eigenvalue weighted by atomic mass is 9.79. The summed E-state index contributed by atoms with van der Waals surface area (Å²) in [4.78, 5) is 4.87. The van der Waals surface area contributed by atoms with Gasteiger partial charge in [-0.05, 0) is 165 Å². The van der Waals surface area contributed by atoms with E-state index in [2.05, 4.69) is 402 Å². The van der Waals surface area contributed by atoms with Crippen LogP contribution in [0.2, 0.25) is 5.02 Å². The molecule has 0 saturated carbocycles. The molecule has 0 radical (unpaired) electrons. The van der Waals surface area contributed by atoms with E-state index in [1.165, 1.54) is 44.5 Å². The van der Waals surface area contributed by atoms with E-state index in [9.17, 15) is 0 Å². The summed E-state index contributed by atoms with van der Waals surface area (Å²) in [5, 5.41) is 0.594. The molecular weight excluding hydrogens is 1190 g/mol. The summed E-state index contributed by atoms with van der Waals surface area (Å²) in [6, 6.07) is 114. The molecule has 13 rings (SSSR count). The first-order valence-electron chi connectivity index (χ1n) is 34.1. The predicted octanol–water partition coefficient (Wildman–Crippen LogP) is 27.8. The van der Waals surface area contributed by atoms with Gasteiger partial charge >= 0.3 is 0 Å². The zero-order chi connectivity index (χ0) is 67.8. The second-order valence-electron chi connectivity index (χ2n) is 30.1. The summed E-state index contributed by atoms with van der Waals surface area (Å²) in [5.41, 5.74) is 29.3. The minimum absolute atomic E-state index is 0.00776. The fraction of sp³-hybridized carbons (Fsp3) is 0.170. The highest BCUT2D eigenvalue weighted by molar-refractivity contribution is 6.31. The van der Waals surface area contributed by atoms with Gasteiger partial charge in [0.2, 0.25) is 0 Å². The lowest BCUT2D eigenvalue weighted by molar-refractivity contribution is 0.568. The topological polar surface area (TPSA) is 6.48 Å². The quantitative estimate of drug-likeness (QED) is 0.107. The summed E-state index contributed by atoms with van der Waals surface area (Å²) < 4.78 is 0. The first-order chi connectivity index (χ1) is 46.5. The molecule has 0 heterocycles. The van der Waals surface area contributed by atoms with Gasteiger partial charge in [0.25, 0.3) is 0 Å². The Labute approximate surface area is 582 Å². The molecule has 0 atom stereocenters. The number of halogens is 1. The van der Waals surface area contributed by atoms with E-state index in [1.807, 2.05) is 0 Å². The van der Waals surface area contributed by atoms with Crippen LogP contribution in [0.25, 0.3) is 89.0 Å². The molecule has 0 aliphatic rings. The Kier molecular flexibility index (Phi) is 18.0. The SMILES string of the molecule is CC(C)(C)c1cc(-c2cccc(-c3ccc(N(c4cc(Cl)cc(N(c5ccc(-c6cccc(-c7cc(C(C)(C)C)cc(C(C)(C)C)c7)c6)cc5)c5c(-c6ccccc6)cccc5-c5ccccc5)c4)c4c(-c5ccccc5)cccc4-c4ccccc4)cc3)c2)cc(C(C)(C)C)c1. The van der Waals surface area contributed by atoms with Crippen molar-refractivity contribution in [1.29, 1.82) is 0 Å². The Morgan fingerprint density at radius 2 is 0.443 bits per heavy atom. The molecule has 0 saturated heterocycles. The van der Waals surface area contributed by atoms with Crippen LogP contribution in [0.1, 0.15) is 105 Å². The summed E-state index contributed by atoms with van der Waals surface area (Å²) in [5.74, 6) is 0. The largest absolute Gasteiger partial charge is 0.309 e. The highest BCUT2D eigenvalue weighted by Gasteiger charge is 2.29. The molecule has 13 aromatic rings. The standard InChI is InChI=1S/C94H87ClN2/c1-91(2,3)76-55-74(56-77(59-76)92(4,5)6)72-39-25-37-70(53-72)64-45-49-81(50-46-64)96(89-85(66-29-17-13-18-30-66)41-27-42-86(89)67-31-19-14-20-32-67)83-61-80(95)62-84(63-83)97(90-87(68-33-21-15-22-34-68)43-28-44-88(90)69-35-23-16-24-36-69)82-51-47-65(48-52-82)71-38-26-40-73(54-71)75-57-78(93(7,8)9)60-79(58-75)94(10,11)12/h13-63H,1-12H3. The zero-order valence-electron chi connectivity index (χ0n) is 58.2. The number of rotatable bonds is 14. The lowest BCUT2D eigenvalue weighted by Crippen LogP contribution is -2.16. The van der Waals surface area contributed by atoms with Crippen LogP contribution in [0.4, 0.5) is 34.1 Å². The third-order valence-corrected chi connectivity index (χ3v) is 19.1. The maximum Gasteiger partial charge on any atom is 0.0618 e. The van der Waals surface area contributed by atoms with Gasteiger partial charge in [0.15, 0.2) is 0 Å². The minimum Gasteiger partial charge on any atom is -0.309 e. The highest BCUT2D eigenvalue weighted by atomic mass is 35.5. The van der Waals surface area contributed by atoms with E-state index < -0.39 is 0 Å². The zero-order valence-corrected chi connectivity index (χ0v) is 59.0. The van der Waals surface area contributed by atoms with Crippen LogP contribution in [-0.2, 0) is 21.7 Å². The van der Waals surface area contributed by atoms with Crippen molar-refractivity contribution in [3.63, 3.8) is 0 Å². The van der Waals surface area contributed by atoms with Crippen LogP contribution in [0.15, 0.2) is 309 Å². The molecule has 3 heteroatoms. The smallest absolute Gasteiger partial charge is 0.0618 e. The second-order valence-corrected chi connectivity index (χ2v) is 30.5. The van der Waals surface area contributed by atoms with Crippen LogP contribution >= 0.6 is 11.6 Å². The van der Waals surface area contributed by atoms with Crippen LogP contribution in [0.5, 0.6) is 0 Å². The number of hydrogen-bond acceptors (Lipinski definition) is 2. The van der Waals surface area contributed by atoms with Crippen molar-refractivity contribution in [2.24, 2.45) is 0 Å². The van der Waals surface area contributed by atoms with Crippen molar-refractivity contribution < 1.29 is 0 Å². The number of para-hydroxylation sites is 2. The number of nitrogens with zero attached hydrogens (tertiary/aromatic N) is 2. The highest BCUT2D eigenvalue weighted by Crippen LogP contribution is 2.52. The van der Waals surface area contributed by atoms with Crippen molar-refractivity contribution in [2.75, 3.05) is 9.80 Å². The van der Waals surface area contributed by atoms with Gasteiger partial charge in [-0.1, -0.05) is 349 Å². The van der Waals surface area contributed by atoms with E-state index in [4.69, 9.17) is 11.6 Å². The molecule has 0 N–H and O–H groups in total. The van der Waals surface area contributed by atoms with Gasteiger partial charge in [0.05, 0.1) is 11.4 Å². The van der Waals surface area contributed by atoms with Crippen molar-refractivity contribution >= 4 is 45.7 Å². The van der Waals surface area contributed by atoms with Gasteiger partial charge in [0.1, 0.15) is 0 Å². The normalized spacial score (nSPS) is 12.0. The number of benzene rings is 13. The van der Waals surface area contributed by atoms with Crippen molar-refractivity contribution in [3.8, 4) is 89.0 Å². The van der Waals surface area contributed by atoms with Crippen LogP contribution in [0, 0.1) is 0 Å². The van der Waals surface area contributed by atoms with E-state index in [0.29, 0.717) is 5.02 Å². The summed E-state index contributed by atoms with van der Waals surface area (Å²) >= 11 is 7.84. The lowest BCUT2D eigenvalue weighted by Gasteiger charge is -2.34. The van der Waals surface area contributed by atoms with Gasteiger partial charge in [-0.2, -0.15) is 0 Å². The molecule has 0 aliphatic heterocycles. The number of anilines is 6. The van der Waals surface area contributed by atoms with Crippen molar-refractivity contribution in [2.45, 2.75) is 105 Å². The maximum atomic E-state index is 7.84. The monoisotopic (exact) mass is 1280 g/mol. The van der Waals surface area contributed by atoms with Gasteiger partial charge in [-0.3, -0.25) is 0 Å². The van der Waals surface area contributed by atoms with Gasteiger partial charge in [0, 0.05) is 50.0 Å². The van der Waals surface area contributed by atoms with Crippen molar-refractivity contribution in [1.82, 2.24) is 0 Å². The summed E-state index contributed by atoms with van der Waals surface area (Å²) in [6.45, 7) is 27.7. The average molecular weight is 1280 g/mol. The summed E-state index contributed by atoms with van der Waals surface area (Å²) in [6.07, 6.45) is 0. The van der Waals surface area contributed by atoms with Crippen LogP contribution in [-0.4, -0.2) is 0 Å². The third-order valence-electron chi connectivity index (χ3n) is 18.9. The molecule has 0 spiro atoms. The predicted molar refractivity (Wildman–Crippen MR) is 419 cm³/mol. The Morgan fingerprint density at radius 3 is 0.711 bits per heavy atom. The van der Waals surface area contributed by atoms with Crippen molar-refractivity contribution in [3.05, 3.63) is 337 Å². The molecule has 0 unspecified atom stereocenters. The molecule has 97 heavy (non-hydrogen) atoms. The van der Waals surface area contributed by atoms with Gasteiger partial charge in [-0.25, -0.2) is 0 Å². The molecule has 0 aromatic heterocycles. The fourth-order valence-corrected chi connectivity index (χ4v) is 13.5. The van der Waals surface area contributed by atoms with Gasteiger partial charge in [-0.15, -0.1) is 0 Å². The Balaban J connectivity index is 1.02. The van der Waals surface area contributed by atoms with Crippen LogP contribution in [0.3, 0.4) is 0 Å². The molecule has 2 nitrogen and oxygen atoms in total. The summed E-state index contributed by atoms with van der Waals surface area (Å²) in [7, 11) is 0. The Morgan fingerprint density at radius 1 is 0.196 bits per heavy atom. The first kappa shape index (κ1) is 65.4. The molecule has 0 fully saturated rings. The Bertz CT molecular complexity index is 4430. The maximum absolute atomic E-state index is 7.84. The van der Waals surface area contributed by atoms with E-state index in [-0.39, 0.29) is 21.7 Å². The molecule has 480 valence electrons. The Hall–Kier alpha value is -10.3. The molecule has 0 bridgehead atoms. The van der Waals surface area contributed by atoms with E-state index in [1.54, 1.807) is 0 Å². The molecular formula is C94H87ClN2. The average Bonchev–Trinajstić information content (AvgIpc) is 0.753. The molecule has 0 aliphatic carbocycles. The van der Waals surface area contributed by atoms with Gasteiger partial charge < -0.3 is 9.80 Å². The molecule has 13 aromatic carbocycles. The van der Waals surface area contributed by atoms with Crippen LogP contribution < -0.4 is 9.80 Å². The fourth-order valence-electron chi connectivity index (χ4n) is 13.3. The first-order valence-corrected chi connectivity index (χ1v) is 34.5. The molecule has 0 amide bonds. The van der Waals surface area contributed by atoms with E-state index in [0.717, 1.165) is 101 Å². The minimum atomic E-state index is -0.00776. The number of hydrogen-bond donors (Lipinski definition) is 0. The van der Waals surface area contributed by atoms with E-state index >= 15 is 0 Å². The third kappa shape index (κ3) is 14.2. The second kappa shape index (κ2) is 26.7.